The van der Waals surface area contributed by atoms with Crippen LogP contribution in [-0.2, 0) is 17.8 Å². The van der Waals surface area contributed by atoms with Crippen molar-refractivity contribution in [1.82, 2.24) is 10.3 Å². The molecule has 2 aromatic rings. The summed E-state index contributed by atoms with van der Waals surface area (Å²) in [7, 11) is 0. The summed E-state index contributed by atoms with van der Waals surface area (Å²) in [6.07, 6.45) is 1.97. The highest BCUT2D eigenvalue weighted by atomic mass is 32.1. The molecule has 5 heteroatoms. The van der Waals surface area contributed by atoms with Crippen molar-refractivity contribution in [3.05, 3.63) is 47.7 Å². The van der Waals surface area contributed by atoms with E-state index in [9.17, 15) is 4.79 Å². The van der Waals surface area contributed by atoms with E-state index in [4.69, 9.17) is 4.42 Å². The average molecular weight is 262 g/mol. The third kappa shape index (κ3) is 3.63. The van der Waals surface area contributed by atoms with Crippen molar-refractivity contribution in [2.45, 2.75) is 24.8 Å². The third-order valence-electron chi connectivity index (χ3n) is 2.41. The van der Waals surface area contributed by atoms with Crippen molar-refractivity contribution < 1.29 is 9.21 Å². The van der Waals surface area contributed by atoms with Crippen LogP contribution in [0.1, 0.15) is 17.2 Å². The number of hydrogen-bond acceptors (Lipinski definition) is 4. The highest BCUT2D eigenvalue weighted by Gasteiger charge is 2.05. The summed E-state index contributed by atoms with van der Waals surface area (Å²) in [4.78, 5) is 16.6. The van der Waals surface area contributed by atoms with Crippen molar-refractivity contribution in [2.24, 2.45) is 0 Å². The predicted molar refractivity (Wildman–Crippen MR) is 70.5 cm³/mol. The van der Waals surface area contributed by atoms with Gasteiger partial charge in [-0.2, -0.15) is 0 Å². The number of amides is 1. The van der Waals surface area contributed by atoms with E-state index in [0.717, 1.165) is 16.2 Å². The minimum absolute atomic E-state index is 0.0576. The maximum Gasteiger partial charge on any atom is 0.224 e. The van der Waals surface area contributed by atoms with Crippen molar-refractivity contribution >= 4 is 18.5 Å². The molecule has 0 fully saturated rings. The number of thiol groups is 1. The highest BCUT2D eigenvalue weighted by Crippen LogP contribution is 2.08. The van der Waals surface area contributed by atoms with Crippen molar-refractivity contribution in [3.63, 3.8) is 0 Å². The monoisotopic (exact) mass is 262 g/mol. The Bertz CT molecular complexity index is 534. The maximum atomic E-state index is 11.7. The first kappa shape index (κ1) is 12.7. The molecule has 0 radical (unpaired) electrons. The van der Waals surface area contributed by atoms with Crippen LogP contribution >= 0.6 is 12.6 Å². The van der Waals surface area contributed by atoms with Crippen LogP contribution in [0.3, 0.4) is 0 Å². The lowest BCUT2D eigenvalue weighted by Gasteiger charge is -2.03. The second kappa shape index (κ2) is 5.73. The summed E-state index contributed by atoms with van der Waals surface area (Å²) < 4.78 is 5.26. The molecule has 1 N–H and O–H groups in total. The van der Waals surface area contributed by atoms with Gasteiger partial charge in [-0.3, -0.25) is 4.79 Å². The molecule has 1 heterocycles. The number of benzene rings is 1. The quantitative estimate of drug-likeness (QED) is 0.830. The van der Waals surface area contributed by atoms with Crippen LogP contribution in [0.2, 0.25) is 0 Å². The molecule has 0 aliphatic carbocycles. The molecule has 0 bridgehead atoms. The fraction of sp³-hybridized carbons (Fsp3) is 0.231. The molecule has 18 heavy (non-hydrogen) atoms. The molecule has 0 saturated heterocycles. The number of oxazole rings is 1. The van der Waals surface area contributed by atoms with Gasteiger partial charge in [-0.15, -0.1) is 12.6 Å². The lowest BCUT2D eigenvalue weighted by atomic mass is 10.1. The van der Waals surface area contributed by atoms with Gasteiger partial charge in [-0.25, -0.2) is 4.98 Å². The van der Waals surface area contributed by atoms with Gasteiger partial charge >= 0.3 is 0 Å². The van der Waals surface area contributed by atoms with E-state index < -0.39 is 0 Å². The van der Waals surface area contributed by atoms with Gasteiger partial charge in [-0.05, 0) is 24.6 Å². The predicted octanol–water partition coefficient (Wildman–Crippen LogP) is 2.13. The number of hydrogen-bond donors (Lipinski definition) is 2. The van der Waals surface area contributed by atoms with Crippen molar-refractivity contribution in [1.29, 1.82) is 0 Å². The van der Waals surface area contributed by atoms with Crippen LogP contribution in [0.15, 0.2) is 39.8 Å². The summed E-state index contributed by atoms with van der Waals surface area (Å²) in [5.41, 5.74) is 0.953. The molecular weight excluding hydrogens is 248 g/mol. The molecule has 0 unspecified atom stereocenters. The number of carbonyl (C=O) groups excluding carboxylic acids is 1. The van der Waals surface area contributed by atoms with Crippen LogP contribution in [0.4, 0.5) is 0 Å². The summed E-state index contributed by atoms with van der Waals surface area (Å²) in [5, 5.41) is 2.76. The maximum absolute atomic E-state index is 11.7. The largest absolute Gasteiger partial charge is 0.444 e. The van der Waals surface area contributed by atoms with Gasteiger partial charge in [0.15, 0.2) is 0 Å². The second-order valence-corrected chi connectivity index (χ2v) is 4.50. The summed E-state index contributed by atoms with van der Waals surface area (Å²) in [6, 6.07) is 7.50. The Kier molecular flexibility index (Phi) is 4.04. The number of carbonyl (C=O) groups is 1. The Hall–Kier alpha value is -1.75. The molecule has 0 aliphatic rings. The smallest absolute Gasteiger partial charge is 0.224 e. The van der Waals surface area contributed by atoms with Crippen molar-refractivity contribution in [2.75, 3.05) is 0 Å². The van der Waals surface area contributed by atoms with Gasteiger partial charge in [0.25, 0.3) is 0 Å². The molecule has 0 aliphatic heterocycles. The van der Waals surface area contributed by atoms with E-state index in [1.54, 1.807) is 6.20 Å². The van der Waals surface area contributed by atoms with E-state index >= 15 is 0 Å². The van der Waals surface area contributed by atoms with Crippen LogP contribution < -0.4 is 5.32 Å². The van der Waals surface area contributed by atoms with Gasteiger partial charge in [-0.1, -0.05) is 12.1 Å². The Labute approximate surface area is 111 Å². The molecule has 1 amide bonds. The van der Waals surface area contributed by atoms with Gasteiger partial charge in [0.2, 0.25) is 11.8 Å². The Morgan fingerprint density at radius 1 is 1.39 bits per heavy atom. The zero-order chi connectivity index (χ0) is 13.0. The second-order valence-electron chi connectivity index (χ2n) is 3.98. The number of nitrogens with zero attached hydrogens (tertiary/aromatic N) is 1. The third-order valence-corrected chi connectivity index (χ3v) is 2.71. The molecular formula is C13H14N2O2S. The van der Waals surface area contributed by atoms with Gasteiger partial charge in [0.1, 0.15) is 5.76 Å². The Balaban J connectivity index is 1.83. The number of rotatable bonds is 4. The number of nitrogens with one attached hydrogen (secondary N) is 1. The molecule has 1 aromatic heterocycles. The SMILES string of the molecule is Cc1cnc(CNC(=O)Cc2ccc(S)cc2)o1. The minimum Gasteiger partial charge on any atom is -0.444 e. The van der Waals surface area contributed by atoms with E-state index in [-0.39, 0.29) is 5.91 Å². The molecule has 1 aromatic carbocycles. The van der Waals surface area contributed by atoms with E-state index in [2.05, 4.69) is 22.9 Å². The minimum atomic E-state index is -0.0576. The Morgan fingerprint density at radius 2 is 2.11 bits per heavy atom. The summed E-state index contributed by atoms with van der Waals surface area (Å²) in [6.45, 7) is 2.13. The zero-order valence-corrected chi connectivity index (χ0v) is 10.9. The topological polar surface area (TPSA) is 55.1 Å². The molecule has 0 saturated carbocycles. The number of aryl methyl sites for hydroxylation is 1. The molecule has 0 atom stereocenters. The molecule has 0 spiro atoms. The van der Waals surface area contributed by atoms with Crippen LogP contribution in [0.25, 0.3) is 0 Å². The summed E-state index contributed by atoms with van der Waals surface area (Å²) >= 11 is 4.19. The van der Waals surface area contributed by atoms with Crippen molar-refractivity contribution in [3.8, 4) is 0 Å². The molecule has 94 valence electrons. The normalized spacial score (nSPS) is 10.3. The zero-order valence-electron chi connectivity index (χ0n) is 10.0. The fourth-order valence-electron chi connectivity index (χ4n) is 1.52. The fourth-order valence-corrected chi connectivity index (χ4v) is 1.67. The molecule has 2 rings (SSSR count). The first-order chi connectivity index (χ1) is 8.63. The van der Waals surface area contributed by atoms with Gasteiger partial charge < -0.3 is 9.73 Å². The average Bonchev–Trinajstić information content (AvgIpc) is 2.76. The first-order valence-electron chi connectivity index (χ1n) is 5.59. The van der Waals surface area contributed by atoms with Crippen LogP contribution in [-0.4, -0.2) is 10.9 Å². The van der Waals surface area contributed by atoms with E-state index in [0.29, 0.717) is 18.9 Å². The lowest BCUT2D eigenvalue weighted by Crippen LogP contribution is -2.24. The Morgan fingerprint density at radius 3 is 2.72 bits per heavy atom. The standard InChI is InChI=1S/C13H14N2O2S/c1-9-7-15-13(17-9)8-14-12(16)6-10-2-4-11(18)5-3-10/h2-5,7,18H,6,8H2,1H3,(H,14,16). The van der Waals surface area contributed by atoms with E-state index in [1.165, 1.54) is 0 Å². The van der Waals surface area contributed by atoms with Crippen LogP contribution in [0, 0.1) is 6.92 Å². The molecule has 4 nitrogen and oxygen atoms in total. The summed E-state index contributed by atoms with van der Waals surface area (Å²) in [5.74, 6) is 1.20. The van der Waals surface area contributed by atoms with Crippen LogP contribution in [0.5, 0.6) is 0 Å². The number of aromatic nitrogens is 1. The van der Waals surface area contributed by atoms with E-state index in [1.807, 2.05) is 31.2 Å². The lowest BCUT2D eigenvalue weighted by molar-refractivity contribution is -0.120. The van der Waals surface area contributed by atoms with Gasteiger partial charge in [0, 0.05) is 4.90 Å². The van der Waals surface area contributed by atoms with Gasteiger partial charge in [0.05, 0.1) is 19.2 Å². The first-order valence-corrected chi connectivity index (χ1v) is 6.04. The highest BCUT2D eigenvalue weighted by molar-refractivity contribution is 7.80.